The van der Waals surface area contributed by atoms with Crippen molar-refractivity contribution in [3.05, 3.63) is 112 Å². The molecule has 0 aliphatic heterocycles. The summed E-state index contributed by atoms with van der Waals surface area (Å²) in [4.78, 5) is 23.0. The van der Waals surface area contributed by atoms with Gasteiger partial charge in [0.25, 0.3) is 5.69 Å². The summed E-state index contributed by atoms with van der Waals surface area (Å²) in [5.74, 6) is -0.582. The Balaban J connectivity index is 1.91. The Labute approximate surface area is 162 Å². The molecule has 3 aromatic rings. The predicted octanol–water partition coefficient (Wildman–Crippen LogP) is 4.88. The number of nitro groups is 1. The molecule has 0 unspecified atom stereocenters. The third-order valence-corrected chi connectivity index (χ3v) is 4.33. The average Bonchev–Trinajstić information content (AvgIpc) is 2.75. The molecular formula is C22H19NO5. The molecule has 0 fully saturated rings. The molecule has 2 atom stereocenters. The highest BCUT2D eigenvalue weighted by molar-refractivity contribution is 5.89. The standard InChI is InChI=1S/C22H19NO5/c1-27-20(16-8-4-2-5-9-16)21(17-10-6-3-7-11-17)28-22(24)18-12-14-19(15-13-18)23(25)26/h2-15,20-21H,1H3/t20-,21+/m1/s1. The number of benzene rings is 3. The molecular weight excluding hydrogens is 358 g/mol. The van der Waals surface area contributed by atoms with E-state index in [1.165, 1.54) is 24.3 Å². The summed E-state index contributed by atoms with van der Waals surface area (Å²) in [5, 5.41) is 10.8. The minimum absolute atomic E-state index is 0.0878. The number of rotatable bonds is 7. The van der Waals surface area contributed by atoms with Crippen molar-refractivity contribution < 1.29 is 19.2 Å². The second-order valence-electron chi connectivity index (χ2n) is 6.11. The molecule has 0 saturated heterocycles. The molecule has 0 N–H and O–H groups in total. The molecule has 0 aliphatic rings. The minimum Gasteiger partial charge on any atom is -0.451 e. The van der Waals surface area contributed by atoms with Gasteiger partial charge in [-0.2, -0.15) is 0 Å². The third-order valence-electron chi connectivity index (χ3n) is 4.33. The van der Waals surface area contributed by atoms with Gasteiger partial charge in [-0.3, -0.25) is 10.1 Å². The molecule has 3 rings (SSSR count). The SMILES string of the molecule is CO[C@H](c1ccccc1)[C@@H](OC(=O)c1ccc([N+](=O)[O-])cc1)c1ccccc1. The van der Waals surface area contributed by atoms with Crippen LogP contribution in [0.2, 0.25) is 0 Å². The topological polar surface area (TPSA) is 78.7 Å². The highest BCUT2D eigenvalue weighted by atomic mass is 16.6. The van der Waals surface area contributed by atoms with E-state index in [4.69, 9.17) is 9.47 Å². The molecule has 0 bridgehead atoms. The van der Waals surface area contributed by atoms with E-state index in [0.717, 1.165) is 11.1 Å². The van der Waals surface area contributed by atoms with Crippen molar-refractivity contribution in [1.82, 2.24) is 0 Å². The summed E-state index contributed by atoms with van der Waals surface area (Å²) < 4.78 is 11.5. The minimum atomic E-state index is -0.684. The normalized spacial score (nSPS) is 12.8. The van der Waals surface area contributed by atoms with Gasteiger partial charge in [-0.25, -0.2) is 4.79 Å². The molecule has 0 amide bonds. The molecule has 0 heterocycles. The molecule has 0 aliphatic carbocycles. The smallest absolute Gasteiger partial charge is 0.338 e. The lowest BCUT2D eigenvalue weighted by Crippen LogP contribution is -2.20. The average molecular weight is 377 g/mol. The molecule has 0 spiro atoms. The summed E-state index contributed by atoms with van der Waals surface area (Å²) >= 11 is 0. The lowest BCUT2D eigenvalue weighted by atomic mass is 9.98. The molecule has 0 radical (unpaired) electrons. The van der Waals surface area contributed by atoms with Crippen molar-refractivity contribution in [2.24, 2.45) is 0 Å². The van der Waals surface area contributed by atoms with Crippen molar-refractivity contribution in [1.29, 1.82) is 0 Å². The Morgan fingerprint density at radius 2 is 1.32 bits per heavy atom. The second kappa shape index (κ2) is 8.92. The number of carbonyl (C=O) groups excluding carboxylic acids is 1. The highest BCUT2D eigenvalue weighted by Crippen LogP contribution is 2.35. The summed E-state index contributed by atoms with van der Waals surface area (Å²) in [5.41, 5.74) is 1.80. The zero-order valence-corrected chi connectivity index (χ0v) is 15.2. The van der Waals surface area contributed by atoms with E-state index < -0.39 is 23.1 Å². The molecule has 3 aromatic carbocycles. The Morgan fingerprint density at radius 1 is 0.821 bits per heavy atom. The van der Waals surface area contributed by atoms with Gasteiger partial charge < -0.3 is 9.47 Å². The molecule has 6 nitrogen and oxygen atoms in total. The van der Waals surface area contributed by atoms with Crippen LogP contribution in [0.4, 0.5) is 5.69 Å². The first-order chi connectivity index (χ1) is 13.6. The second-order valence-corrected chi connectivity index (χ2v) is 6.11. The van der Waals surface area contributed by atoms with Crippen molar-refractivity contribution in [3.63, 3.8) is 0 Å². The van der Waals surface area contributed by atoms with Gasteiger partial charge >= 0.3 is 5.97 Å². The van der Waals surface area contributed by atoms with Crippen molar-refractivity contribution in [3.8, 4) is 0 Å². The number of hydrogen-bond donors (Lipinski definition) is 0. The Kier molecular flexibility index (Phi) is 6.14. The Hall–Kier alpha value is -3.51. The van der Waals surface area contributed by atoms with Gasteiger partial charge in [0.1, 0.15) is 6.10 Å². The highest BCUT2D eigenvalue weighted by Gasteiger charge is 2.29. The van der Waals surface area contributed by atoms with Crippen LogP contribution in [0.15, 0.2) is 84.9 Å². The number of hydrogen-bond acceptors (Lipinski definition) is 5. The zero-order chi connectivity index (χ0) is 19.9. The predicted molar refractivity (Wildman–Crippen MR) is 104 cm³/mol. The number of nitro benzene ring substituents is 1. The van der Waals surface area contributed by atoms with E-state index in [-0.39, 0.29) is 11.3 Å². The van der Waals surface area contributed by atoms with Crippen LogP contribution < -0.4 is 0 Å². The van der Waals surface area contributed by atoms with Gasteiger partial charge in [-0.15, -0.1) is 0 Å². The van der Waals surface area contributed by atoms with Gasteiger partial charge in [-0.05, 0) is 23.3 Å². The molecule has 28 heavy (non-hydrogen) atoms. The van der Waals surface area contributed by atoms with Crippen molar-refractivity contribution in [2.45, 2.75) is 12.2 Å². The van der Waals surface area contributed by atoms with Gasteiger partial charge in [0.15, 0.2) is 6.10 Å². The van der Waals surface area contributed by atoms with Crippen molar-refractivity contribution in [2.75, 3.05) is 7.11 Å². The lowest BCUT2D eigenvalue weighted by Gasteiger charge is -2.27. The number of non-ortho nitro benzene ring substituents is 1. The fraction of sp³-hybridized carbons (Fsp3) is 0.136. The summed E-state index contributed by atoms with van der Waals surface area (Å²) in [6.07, 6.45) is -1.19. The number of ether oxygens (including phenoxy) is 2. The van der Waals surface area contributed by atoms with Crippen molar-refractivity contribution >= 4 is 11.7 Å². The van der Waals surface area contributed by atoms with E-state index in [9.17, 15) is 14.9 Å². The Bertz CT molecular complexity index is 926. The number of methoxy groups -OCH3 is 1. The first kappa shape index (κ1) is 19.3. The first-order valence-electron chi connectivity index (χ1n) is 8.68. The van der Waals surface area contributed by atoms with Gasteiger partial charge in [0, 0.05) is 19.2 Å². The monoisotopic (exact) mass is 377 g/mol. The van der Waals surface area contributed by atoms with E-state index in [1.807, 2.05) is 60.7 Å². The van der Waals surface area contributed by atoms with Crippen LogP contribution >= 0.6 is 0 Å². The number of carbonyl (C=O) groups is 1. The maximum Gasteiger partial charge on any atom is 0.338 e. The van der Waals surface area contributed by atoms with E-state index in [0.29, 0.717) is 0 Å². The van der Waals surface area contributed by atoms with Crippen LogP contribution in [0.25, 0.3) is 0 Å². The van der Waals surface area contributed by atoms with Crippen LogP contribution in [0.1, 0.15) is 33.7 Å². The summed E-state index contributed by atoms with van der Waals surface area (Å²) in [6.45, 7) is 0. The number of nitrogens with zero attached hydrogens (tertiary/aromatic N) is 1. The lowest BCUT2D eigenvalue weighted by molar-refractivity contribution is -0.384. The molecule has 142 valence electrons. The van der Waals surface area contributed by atoms with Crippen LogP contribution in [0.5, 0.6) is 0 Å². The van der Waals surface area contributed by atoms with Gasteiger partial charge in [0.05, 0.1) is 10.5 Å². The van der Waals surface area contributed by atoms with Crippen LogP contribution in [0, 0.1) is 10.1 Å². The quantitative estimate of drug-likeness (QED) is 0.333. The maximum absolute atomic E-state index is 12.7. The van der Waals surface area contributed by atoms with Crippen LogP contribution in [-0.4, -0.2) is 18.0 Å². The Morgan fingerprint density at radius 3 is 1.79 bits per heavy atom. The molecule has 0 aromatic heterocycles. The van der Waals surface area contributed by atoms with E-state index >= 15 is 0 Å². The maximum atomic E-state index is 12.7. The zero-order valence-electron chi connectivity index (χ0n) is 15.2. The third kappa shape index (κ3) is 4.42. The molecule has 0 saturated carbocycles. The first-order valence-corrected chi connectivity index (χ1v) is 8.68. The fourth-order valence-corrected chi connectivity index (χ4v) is 2.93. The molecule has 6 heteroatoms. The van der Waals surface area contributed by atoms with Crippen LogP contribution in [-0.2, 0) is 9.47 Å². The van der Waals surface area contributed by atoms with E-state index in [1.54, 1.807) is 7.11 Å². The van der Waals surface area contributed by atoms with E-state index in [2.05, 4.69) is 0 Å². The van der Waals surface area contributed by atoms with Gasteiger partial charge in [0.2, 0.25) is 0 Å². The van der Waals surface area contributed by atoms with Gasteiger partial charge in [-0.1, -0.05) is 60.7 Å². The number of esters is 1. The summed E-state index contributed by atoms with van der Waals surface area (Å²) in [7, 11) is 1.56. The van der Waals surface area contributed by atoms with Crippen LogP contribution in [0.3, 0.4) is 0 Å². The summed E-state index contributed by atoms with van der Waals surface area (Å²) in [6, 6.07) is 24.1. The fourth-order valence-electron chi connectivity index (χ4n) is 2.93. The largest absolute Gasteiger partial charge is 0.451 e.